The van der Waals surface area contributed by atoms with Crippen molar-refractivity contribution in [2.45, 2.75) is 13.8 Å². The van der Waals surface area contributed by atoms with E-state index in [0.29, 0.717) is 0 Å². The lowest BCUT2D eigenvalue weighted by atomic mass is 9.73. The van der Waals surface area contributed by atoms with Gasteiger partial charge in [-0.1, -0.05) is 26.0 Å². The Labute approximate surface area is 77.2 Å². The molecule has 4 unspecified atom stereocenters. The standard InChI is InChI=1S/C10H13NO2/c1-5-3-4-6(2)8-7(5)9(12)11-10(8)13/h3-8H,1-2H3,(H,11,12,13). The molecule has 3 heteroatoms. The molecule has 2 aliphatic rings. The molecule has 70 valence electrons. The molecule has 1 saturated heterocycles. The summed E-state index contributed by atoms with van der Waals surface area (Å²) in [4.78, 5) is 22.8. The Bertz CT molecular complexity index is 267. The van der Waals surface area contributed by atoms with Gasteiger partial charge in [0.15, 0.2) is 0 Å². The van der Waals surface area contributed by atoms with Gasteiger partial charge in [-0.3, -0.25) is 14.9 Å². The van der Waals surface area contributed by atoms with Crippen molar-refractivity contribution >= 4 is 11.8 Å². The Morgan fingerprint density at radius 2 is 1.38 bits per heavy atom. The second-order valence-corrected chi connectivity index (χ2v) is 4.01. The molecule has 0 spiro atoms. The van der Waals surface area contributed by atoms with Gasteiger partial charge in [0.05, 0.1) is 11.8 Å². The molecule has 0 saturated carbocycles. The number of fused-ring (bicyclic) bond motifs is 1. The molecule has 1 N–H and O–H groups in total. The maximum atomic E-state index is 11.4. The molecule has 1 heterocycles. The van der Waals surface area contributed by atoms with Crippen molar-refractivity contribution in [2.24, 2.45) is 23.7 Å². The fourth-order valence-corrected chi connectivity index (χ4v) is 2.34. The lowest BCUT2D eigenvalue weighted by Crippen LogP contribution is -2.31. The monoisotopic (exact) mass is 179 g/mol. The molecule has 0 bridgehead atoms. The largest absolute Gasteiger partial charge is 0.296 e. The van der Waals surface area contributed by atoms with E-state index in [1.165, 1.54) is 0 Å². The van der Waals surface area contributed by atoms with Crippen LogP contribution in [0.25, 0.3) is 0 Å². The maximum absolute atomic E-state index is 11.4. The first-order chi connectivity index (χ1) is 6.11. The molecular formula is C10H13NO2. The third-order valence-corrected chi connectivity index (χ3v) is 3.09. The normalized spacial score (nSPS) is 43.2. The van der Waals surface area contributed by atoms with Crippen LogP contribution >= 0.6 is 0 Å². The number of nitrogens with one attached hydrogen (secondary N) is 1. The minimum Gasteiger partial charge on any atom is -0.296 e. The molecule has 1 aliphatic carbocycles. The molecule has 0 aromatic heterocycles. The number of imide groups is 1. The Kier molecular flexibility index (Phi) is 1.75. The summed E-state index contributed by atoms with van der Waals surface area (Å²) in [5.74, 6) is -0.0855. The highest BCUT2D eigenvalue weighted by Crippen LogP contribution is 2.37. The van der Waals surface area contributed by atoms with E-state index in [0.717, 1.165) is 0 Å². The van der Waals surface area contributed by atoms with Gasteiger partial charge in [0.25, 0.3) is 0 Å². The first-order valence-electron chi connectivity index (χ1n) is 4.64. The summed E-state index contributed by atoms with van der Waals surface area (Å²) in [6.45, 7) is 3.97. The minimum atomic E-state index is -0.132. The van der Waals surface area contributed by atoms with E-state index in [4.69, 9.17) is 0 Å². The molecule has 0 radical (unpaired) electrons. The van der Waals surface area contributed by atoms with E-state index in [1.54, 1.807) is 0 Å². The van der Waals surface area contributed by atoms with Gasteiger partial charge in [0, 0.05) is 0 Å². The number of carbonyl (C=O) groups is 2. The van der Waals surface area contributed by atoms with E-state index in [-0.39, 0.29) is 35.5 Å². The number of amides is 2. The van der Waals surface area contributed by atoms with Crippen LogP contribution in [-0.4, -0.2) is 11.8 Å². The molecule has 1 fully saturated rings. The van der Waals surface area contributed by atoms with Crippen LogP contribution in [0.4, 0.5) is 0 Å². The summed E-state index contributed by atoms with van der Waals surface area (Å²) < 4.78 is 0. The topological polar surface area (TPSA) is 46.2 Å². The lowest BCUT2D eigenvalue weighted by molar-refractivity contribution is -0.126. The van der Waals surface area contributed by atoms with Crippen LogP contribution in [-0.2, 0) is 9.59 Å². The first-order valence-corrected chi connectivity index (χ1v) is 4.64. The quantitative estimate of drug-likeness (QED) is 0.440. The fourth-order valence-electron chi connectivity index (χ4n) is 2.34. The maximum Gasteiger partial charge on any atom is 0.231 e. The van der Waals surface area contributed by atoms with Gasteiger partial charge in [-0.2, -0.15) is 0 Å². The summed E-state index contributed by atoms with van der Waals surface area (Å²) in [6, 6.07) is 0. The highest BCUT2D eigenvalue weighted by Gasteiger charge is 2.47. The van der Waals surface area contributed by atoms with Crippen LogP contribution in [0.2, 0.25) is 0 Å². The van der Waals surface area contributed by atoms with E-state index in [2.05, 4.69) is 5.32 Å². The van der Waals surface area contributed by atoms with Gasteiger partial charge in [0.2, 0.25) is 11.8 Å². The summed E-state index contributed by atoms with van der Waals surface area (Å²) in [6.07, 6.45) is 4.06. The highest BCUT2D eigenvalue weighted by atomic mass is 16.2. The summed E-state index contributed by atoms with van der Waals surface area (Å²) in [7, 11) is 0. The predicted molar refractivity (Wildman–Crippen MR) is 47.6 cm³/mol. The predicted octanol–water partition coefficient (Wildman–Crippen LogP) is 0.717. The van der Waals surface area contributed by atoms with Crippen molar-refractivity contribution < 1.29 is 9.59 Å². The van der Waals surface area contributed by atoms with Gasteiger partial charge in [0.1, 0.15) is 0 Å². The SMILES string of the molecule is CC1C=CC(C)C2C(=O)NC(=O)C12. The van der Waals surface area contributed by atoms with Crippen LogP contribution < -0.4 is 5.32 Å². The number of hydrogen-bond acceptors (Lipinski definition) is 2. The molecule has 1 aliphatic heterocycles. The Morgan fingerprint density at radius 3 is 1.77 bits per heavy atom. The highest BCUT2D eigenvalue weighted by molar-refractivity contribution is 6.05. The van der Waals surface area contributed by atoms with Crippen molar-refractivity contribution in [3.05, 3.63) is 12.2 Å². The van der Waals surface area contributed by atoms with Gasteiger partial charge in [-0.05, 0) is 11.8 Å². The molecule has 3 nitrogen and oxygen atoms in total. The van der Waals surface area contributed by atoms with E-state index >= 15 is 0 Å². The summed E-state index contributed by atoms with van der Waals surface area (Å²) in [5, 5.41) is 2.40. The Morgan fingerprint density at radius 1 is 1.00 bits per heavy atom. The van der Waals surface area contributed by atoms with Crippen LogP contribution in [0.15, 0.2) is 12.2 Å². The second kappa shape index (κ2) is 2.69. The van der Waals surface area contributed by atoms with Crippen LogP contribution in [0.5, 0.6) is 0 Å². The van der Waals surface area contributed by atoms with Crippen LogP contribution in [0.1, 0.15) is 13.8 Å². The number of rotatable bonds is 0. The summed E-state index contributed by atoms with van der Waals surface area (Å²) >= 11 is 0. The van der Waals surface area contributed by atoms with Crippen molar-refractivity contribution in [3.8, 4) is 0 Å². The van der Waals surface area contributed by atoms with Gasteiger partial charge < -0.3 is 0 Å². The Hall–Kier alpha value is -1.12. The zero-order chi connectivity index (χ0) is 9.59. The van der Waals surface area contributed by atoms with Gasteiger partial charge in [-0.15, -0.1) is 0 Å². The third-order valence-electron chi connectivity index (χ3n) is 3.09. The van der Waals surface area contributed by atoms with E-state index < -0.39 is 0 Å². The van der Waals surface area contributed by atoms with Crippen molar-refractivity contribution in [2.75, 3.05) is 0 Å². The number of carbonyl (C=O) groups excluding carboxylic acids is 2. The molecule has 0 aromatic rings. The minimum absolute atomic E-state index is 0.0984. The molecule has 13 heavy (non-hydrogen) atoms. The van der Waals surface area contributed by atoms with E-state index in [9.17, 15) is 9.59 Å². The van der Waals surface area contributed by atoms with Crippen molar-refractivity contribution in [1.29, 1.82) is 0 Å². The number of hydrogen-bond donors (Lipinski definition) is 1. The van der Waals surface area contributed by atoms with Crippen molar-refractivity contribution in [3.63, 3.8) is 0 Å². The Balaban J connectivity index is 2.38. The molecular weight excluding hydrogens is 166 g/mol. The van der Waals surface area contributed by atoms with Gasteiger partial charge >= 0.3 is 0 Å². The zero-order valence-corrected chi connectivity index (χ0v) is 7.78. The van der Waals surface area contributed by atoms with Crippen LogP contribution in [0, 0.1) is 23.7 Å². The second-order valence-electron chi connectivity index (χ2n) is 4.01. The first kappa shape index (κ1) is 8.48. The summed E-state index contributed by atoms with van der Waals surface area (Å²) in [5.41, 5.74) is 0. The smallest absolute Gasteiger partial charge is 0.231 e. The van der Waals surface area contributed by atoms with Crippen LogP contribution in [0.3, 0.4) is 0 Å². The van der Waals surface area contributed by atoms with Gasteiger partial charge in [-0.25, -0.2) is 0 Å². The molecule has 4 atom stereocenters. The zero-order valence-electron chi connectivity index (χ0n) is 7.78. The molecule has 2 rings (SSSR count). The lowest BCUT2D eigenvalue weighted by Gasteiger charge is -2.27. The fraction of sp³-hybridized carbons (Fsp3) is 0.600. The average molecular weight is 179 g/mol. The average Bonchev–Trinajstić information content (AvgIpc) is 2.36. The molecule has 0 aromatic carbocycles. The number of allylic oxidation sites excluding steroid dienone is 2. The van der Waals surface area contributed by atoms with Crippen molar-refractivity contribution in [1.82, 2.24) is 5.32 Å². The molecule has 2 amide bonds. The van der Waals surface area contributed by atoms with E-state index in [1.807, 2.05) is 26.0 Å². The third kappa shape index (κ3) is 1.10.